The van der Waals surface area contributed by atoms with Gasteiger partial charge < -0.3 is 33.9 Å². The number of fused-ring (bicyclic) bond motifs is 1. The second kappa shape index (κ2) is 11.6. The number of carbonyl (C=O) groups excluding carboxylic acids is 2. The van der Waals surface area contributed by atoms with Gasteiger partial charge in [-0.05, 0) is 62.0 Å². The number of hydrogen-bond donors (Lipinski definition) is 1. The van der Waals surface area contributed by atoms with Crippen LogP contribution in [-0.2, 0) is 9.59 Å². The van der Waals surface area contributed by atoms with Crippen molar-refractivity contribution in [2.24, 2.45) is 0 Å². The molecular weight excluding hydrogens is 476 g/mol. The molecule has 1 saturated heterocycles. The van der Waals surface area contributed by atoms with Crippen LogP contribution in [0.3, 0.4) is 0 Å². The number of ketones is 1. The number of methoxy groups -OCH3 is 2. The second-order valence-electron chi connectivity index (χ2n) is 8.85. The predicted molar refractivity (Wildman–Crippen MR) is 138 cm³/mol. The first-order chi connectivity index (χ1) is 17.9. The van der Waals surface area contributed by atoms with Gasteiger partial charge >= 0.3 is 0 Å². The highest BCUT2D eigenvalue weighted by Crippen LogP contribution is 2.43. The molecule has 1 fully saturated rings. The number of ether oxygens (including phenoxy) is 4. The maximum Gasteiger partial charge on any atom is 0.295 e. The molecule has 1 atom stereocenters. The average Bonchev–Trinajstić information content (AvgIpc) is 3.19. The van der Waals surface area contributed by atoms with E-state index in [9.17, 15) is 14.7 Å². The Morgan fingerprint density at radius 1 is 1.00 bits per heavy atom. The van der Waals surface area contributed by atoms with Gasteiger partial charge in [0.2, 0.25) is 0 Å². The zero-order valence-electron chi connectivity index (χ0n) is 21.8. The Morgan fingerprint density at radius 3 is 2.38 bits per heavy atom. The highest BCUT2D eigenvalue weighted by molar-refractivity contribution is 6.46. The van der Waals surface area contributed by atoms with Crippen LogP contribution >= 0.6 is 0 Å². The fraction of sp³-hybridized carbons (Fsp3) is 0.429. The Hall–Kier alpha value is -3.72. The minimum Gasteiger partial charge on any atom is -0.507 e. The lowest BCUT2D eigenvalue weighted by molar-refractivity contribution is -0.140. The van der Waals surface area contributed by atoms with Crippen LogP contribution in [0.15, 0.2) is 42.0 Å². The van der Waals surface area contributed by atoms with Crippen LogP contribution in [0, 0.1) is 0 Å². The van der Waals surface area contributed by atoms with E-state index in [1.807, 2.05) is 0 Å². The summed E-state index contributed by atoms with van der Waals surface area (Å²) in [7, 11) is 3.07. The fourth-order valence-corrected chi connectivity index (χ4v) is 4.83. The number of amides is 1. The maximum absolute atomic E-state index is 13.4. The standard InChI is InChI=1S/C28H34N2O7/c1-5-29(6-2)12-7-13-30-25(18-8-10-20(34-3)22(16-18)35-4)24(27(32)28(30)33)26(31)19-9-11-21-23(17-19)37-15-14-36-21/h8-11,16-17,25,31H,5-7,12-15H2,1-4H3/b26-24+/t25-/m1/s1. The summed E-state index contributed by atoms with van der Waals surface area (Å²) >= 11 is 0. The molecule has 1 amide bonds. The Morgan fingerprint density at radius 2 is 1.70 bits per heavy atom. The predicted octanol–water partition coefficient (Wildman–Crippen LogP) is 3.63. The molecule has 0 spiro atoms. The molecule has 2 aromatic carbocycles. The van der Waals surface area contributed by atoms with Crippen LogP contribution in [0.2, 0.25) is 0 Å². The highest BCUT2D eigenvalue weighted by atomic mass is 16.6. The molecule has 0 aliphatic carbocycles. The average molecular weight is 511 g/mol. The van der Waals surface area contributed by atoms with Gasteiger partial charge in [-0.3, -0.25) is 9.59 Å². The van der Waals surface area contributed by atoms with Crippen molar-refractivity contribution in [3.63, 3.8) is 0 Å². The Kier molecular flexibility index (Phi) is 8.23. The summed E-state index contributed by atoms with van der Waals surface area (Å²) in [5.41, 5.74) is 1.03. The normalized spacial score (nSPS) is 18.4. The number of aliphatic hydroxyl groups excluding tert-OH is 1. The van der Waals surface area contributed by atoms with Crippen molar-refractivity contribution >= 4 is 17.4 Å². The number of aliphatic hydroxyl groups is 1. The molecule has 0 saturated carbocycles. The zero-order chi connectivity index (χ0) is 26.5. The number of nitrogens with zero attached hydrogens (tertiary/aromatic N) is 2. The summed E-state index contributed by atoms with van der Waals surface area (Å²) < 4.78 is 22.1. The first-order valence-corrected chi connectivity index (χ1v) is 12.6. The van der Waals surface area contributed by atoms with Crippen LogP contribution in [-0.4, -0.2) is 80.2 Å². The molecule has 2 aliphatic rings. The first kappa shape index (κ1) is 26.3. The van der Waals surface area contributed by atoms with E-state index in [4.69, 9.17) is 18.9 Å². The van der Waals surface area contributed by atoms with Gasteiger partial charge in [0.05, 0.1) is 25.8 Å². The lowest BCUT2D eigenvalue weighted by Gasteiger charge is -2.27. The van der Waals surface area contributed by atoms with Crippen LogP contribution in [0.4, 0.5) is 0 Å². The molecule has 9 heteroatoms. The molecule has 37 heavy (non-hydrogen) atoms. The maximum atomic E-state index is 13.4. The van der Waals surface area contributed by atoms with Crippen molar-refractivity contribution in [3.8, 4) is 23.0 Å². The van der Waals surface area contributed by atoms with Crippen molar-refractivity contribution in [2.45, 2.75) is 26.3 Å². The van der Waals surface area contributed by atoms with Gasteiger partial charge in [0.25, 0.3) is 11.7 Å². The number of carbonyl (C=O) groups is 2. The molecule has 2 aromatic rings. The molecule has 0 radical (unpaired) electrons. The van der Waals surface area contributed by atoms with Crippen molar-refractivity contribution in [1.82, 2.24) is 9.80 Å². The summed E-state index contributed by atoms with van der Waals surface area (Å²) in [6, 6.07) is 9.44. The molecule has 0 aromatic heterocycles. The van der Waals surface area contributed by atoms with Crippen molar-refractivity contribution < 1.29 is 33.6 Å². The number of hydrogen-bond acceptors (Lipinski definition) is 8. The molecule has 0 bridgehead atoms. The van der Waals surface area contributed by atoms with Gasteiger partial charge in [-0.2, -0.15) is 0 Å². The Balaban J connectivity index is 1.78. The number of Topliss-reactive ketones (excluding diaryl/α,β-unsaturated/α-hetero) is 1. The van der Waals surface area contributed by atoms with E-state index in [0.717, 1.165) is 19.6 Å². The van der Waals surface area contributed by atoms with Crippen molar-refractivity contribution in [3.05, 3.63) is 53.1 Å². The van der Waals surface area contributed by atoms with Gasteiger partial charge in [-0.15, -0.1) is 0 Å². The SMILES string of the molecule is CCN(CC)CCCN1C(=O)C(=O)/C(=C(/O)c2ccc3c(c2)OCCO3)[C@H]1c1ccc(OC)c(OC)c1. The fourth-order valence-electron chi connectivity index (χ4n) is 4.83. The van der Waals surface area contributed by atoms with Gasteiger partial charge in [-0.25, -0.2) is 0 Å². The lowest BCUT2D eigenvalue weighted by atomic mass is 9.94. The third-order valence-electron chi connectivity index (χ3n) is 6.85. The van der Waals surface area contributed by atoms with Crippen LogP contribution in [0.1, 0.15) is 37.4 Å². The largest absolute Gasteiger partial charge is 0.507 e. The van der Waals surface area contributed by atoms with Gasteiger partial charge in [-0.1, -0.05) is 19.9 Å². The lowest BCUT2D eigenvalue weighted by Crippen LogP contribution is -2.33. The van der Waals surface area contributed by atoms with Crippen molar-refractivity contribution in [1.29, 1.82) is 0 Å². The van der Waals surface area contributed by atoms with E-state index in [1.165, 1.54) is 12.0 Å². The molecular formula is C28H34N2O7. The molecule has 1 N–H and O–H groups in total. The summed E-state index contributed by atoms with van der Waals surface area (Å²) in [6.07, 6.45) is 0.683. The summed E-state index contributed by atoms with van der Waals surface area (Å²) in [4.78, 5) is 30.4. The van der Waals surface area contributed by atoms with Gasteiger partial charge in [0, 0.05) is 12.1 Å². The Bertz CT molecular complexity index is 1190. The summed E-state index contributed by atoms with van der Waals surface area (Å²) in [5, 5.41) is 11.4. The molecule has 2 heterocycles. The zero-order valence-corrected chi connectivity index (χ0v) is 21.8. The summed E-state index contributed by atoms with van der Waals surface area (Å²) in [6.45, 7) is 7.96. The third-order valence-corrected chi connectivity index (χ3v) is 6.85. The number of likely N-dealkylation sites (tertiary alicyclic amines) is 1. The van der Waals surface area contributed by atoms with Crippen molar-refractivity contribution in [2.75, 3.05) is 53.6 Å². The van der Waals surface area contributed by atoms with E-state index >= 15 is 0 Å². The second-order valence-corrected chi connectivity index (χ2v) is 8.85. The van der Waals surface area contributed by atoms with Crippen LogP contribution in [0.5, 0.6) is 23.0 Å². The van der Waals surface area contributed by atoms with Gasteiger partial charge in [0.15, 0.2) is 23.0 Å². The summed E-state index contributed by atoms with van der Waals surface area (Å²) in [5.74, 6) is 0.405. The monoisotopic (exact) mass is 510 g/mol. The Labute approximate surface area is 217 Å². The smallest absolute Gasteiger partial charge is 0.295 e. The van der Waals surface area contributed by atoms with E-state index in [1.54, 1.807) is 43.5 Å². The van der Waals surface area contributed by atoms with Gasteiger partial charge in [0.1, 0.15) is 19.0 Å². The van der Waals surface area contributed by atoms with Crippen LogP contribution in [0.25, 0.3) is 5.76 Å². The molecule has 9 nitrogen and oxygen atoms in total. The molecule has 0 unspecified atom stereocenters. The number of rotatable bonds is 10. The minimum absolute atomic E-state index is 0.0248. The highest BCUT2D eigenvalue weighted by Gasteiger charge is 2.46. The van der Waals surface area contributed by atoms with E-state index in [0.29, 0.717) is 60.3 Å². The van der Waals surface area contributed by atoms with E-state index < -0.39 is 17.7 Å². The minimum atomic E-state index is -0.787. The number of benzene rings is 2. The third kappa shape index (κ3) is 5.22. The first-order valence-electron chi connectivity index (χ1n) is 12.6. The van der Waals surface area contributed by atoms with E-state index in [2.05, 4.69) is 18.7 Å². The molecule has 198 valence electrons. The van der Waals surface area contributed by atoms with E-state index in [-0.39, 0.29) is 11.3 Å². The molecule has 4 rings (SSSR count). The quantitative estimate of drug-likeness (QED) is 0.294. The van der Waals surface area contributed by atoms with Crippen LogP contribution < -0.4 is 18.9 Å². The molecule has 2 aliphatic heterocycles. The topological polar surface area (TPSA) is 97.8 Å².